The highest BCUT2D eigenvalue weighted by atomic mass is 16.5. The molecule has 0 aromatic heterocycles. The monoisotopic (exact) mass is 228 g/mol. The Balaban J connectivity index is 2.56. The molecule has 2 aromatic rings. The highest BCUT2D eigenvalue weighted by Crippen LogP contribution is 2.33. The smallest absolute Gasteiger partial charge is 0.123 e. The van der Waals surface area contributed by atoms with Crippen molar-refractivity contribution in [3.05, 3.63) is 42.0 Å². The summed E-state index contributed by atoms with van der Waals surface area (Å²) < 4.78 is 5.86. The van der Waals surface area contributed by atoms with Gasteiger partial charge in [0, 0.05) is 5.56 Å². The van der Waals surface area contributed by atoms with Crippen molar-refractivity contribution in [1.29, 1.82) is 0 Å². The lowest BCUT2D eigenvalue weighted by Gasteiger charge is -2.16. The Labute approximate surface area is 103 Å². The Kier molecular flexibility index (Phi) is 3.68. The van der Waals surface area contributed by atoms with E-state index in [1.54, 1.807) is 0 Å². The van der Waals surface area contributed by atoms with Gasteiger partial charge in [-0.3, -0.25) is 0 Å². The van der Waals surface area contributed by atoms with Crippen LogP contribution < -0.4 is 4.74 Å². The summed E-state index contributed by atoms with van der Waals surface area (Å²) in [4.78, 5) is 0. The van der Waals surface area contributed by atoms with Crippen LogP contribution >= 0.6 is 0 Å². The zero-order valence-corrected chi connectivity index (χ0v) is 10.9. The second-order valence-corrected chi connectivity index (χ2v) is 4.70. The van der Waals surface area contributed by atoms with Gasteiger partial charge in [-0.25, -0.2) is 0 Å². The van der Waals surface area contributed by atoms with Crippen molar-refractivity contribution in [3.8, 4) is 5.75 Å². The fourth-order valence-corrected chi connectivity index (χ4v) is 2.21. The maximum Gasteiger partial charge on any atom is 0.123 e. The van der Waals surface area contributed by atoms with E-state index in [1.165, 1.54) is 16.3 Å². The summed E-state index contributed by atoms with van der Waals surface area (Å²) in [7, 11) is 0. The summed E-state index contributed by atoms with van der Waals surface area (Å²) in [5.41, 5.74) is 1.33. The first-order chi connectivity index (χ1) is 8.24. The topological polar surface area (TPSA) is 9.23 Å². The van der Waals surface area contributed by atoms with Crippen LogP contribution in [0.3, 0.4) is 0 Å². The van der Waals surface area contributed by atoms with Crippen molar-refractivity contribution in [2.75, 3.05) is 6.61 Å². The number of fused-ring (bicyclic) bond motifs is 1. The van der Waals surface area contributed by atoms with Gasteiger partial charge >= 0.3 is 0 Å². The van der Waals surface area contributed by atoms with Gasteiger partial charge < -0.3 is 4.74 Å². The molecule has 0 amide bonds. The third-order valence-electron chi connectivity index (χ3n) is 2.97. The van der Waals surface area contributed by atoms with E-state index in [0.717, 1.165) is 18.8 Å². The van der Waals surface area contributed by atoms with Gasteiger partial charge in [-0.1, -0.05) is 51.1 Å². The Hall–Kier alpha value is -1.50. The lowest BCUT2D eigenvalue weighted by molar-refractivity contribution is 0.313. The molecule has 17 heavy (non-hydrogen) atoms. The van der Waals surface area contributed by atoms with Gasteiger partial charge in [0.15, 0.2) is 0 Å². The highest BCUT2D eigenvalue weighted by Gasteiger charge is 2.11. The highest BCUT2D eigenvalue weighted by molar-refractivity contribution is 5.88. The van der Waals surface area contributed by atoms with Crippen molar-refractivity contribution in [3.63, 3.8) is 0 Å². The number of rotatable bonds is 4. The van der Waals surface area contributed by atoms with Crippen molar-refractivity contribution < 1.29 is 4.74 Å². The molecule has 0 saturated carbocycles. The molecule has 0 aliphatic rings. The molecule has 0 aliphatic heterocycles. The van der Waals surface area contributed by atoms with E-state index in [1.807, 2.05) is 0 Å². The second kappa shape index (κ2) is 5.22. The molecule has 0 atom stereocenters. The number of hydrogen-bond donors (Lipinski definition) is 0. The van der Waals surface area contributed by atoms with Crippen LogP contribution in [0.5, 0.6) is 5.75 Å². The van der Waals surface area contributed by atoms with Gasteiger partial charge in [0.1, 0.15) is 5.75 Å². The van der Waals surface area contributed by atoms with Gasteiger partial charge in [-0.15, -0.1) is 0 Å². The first-order valence-electron chi connectivity index (χ1n) is 6.38. The van der Waals surface area contributed by atoms with Crippen molar-refractivity contribution in [2.24, 2.45) is 0 Å². The molecule has 0 aliphatic carbocycles. The van der Waals surface area contributed by atoms with Gasteiger partial charge in [-0.05, 0) is 29.2 Å². The molecule has 0 radical (unpaired) electrons. The Morgan fingerprint density at radius 2 is 1.82 bits per heavy atom. The molecule has 2 aromatic carbocycles. The lowest BCUT2D eigenvalue weighted by Crippen LogP contribution is -2.00. The molecule has 0 spiro atoms. The quantitative estimate of drug-likeness (QED) is 0.733. The fraction of sp³-hybridized carbons (Fsp3) is 0.375. The summed E-state index contributed by atoms with van der Waals surface area (Å²) in [6.07, 6.45) is 1.05. The molecule has 0 bridgehead atoms. The van der Waals surface area contributed by atoms with Gasteiger partial charge in [0.2, 0.25) is 0 Å². The Morgan fingerprint density at radius 1 is 1.06 bits per heavy atom. The van der Waals surface area contributed by atoms with Crippen molar-refractivity contribution in [1.82, 2.24) is 0 Å². The zero-order valence-electron chi connectivity index (χ0n) is 10.9. The van der Waals surface area contributed by atoms with Crippen molar-refractivity contribution in [2.45, 2.75) is 33.1 Å². The standard InChI is InChI=1S/C16H20O/c1-4-11-17-15-10-9-13-7-5-6-8-14(13)16(15)12(2)3/h5-10,12H,4,11H2,1-3H3. The van der Waals surface area contributed by atoms with E-state index in [9.17, 15) is 0 Å². The number of ether oxygens (including phenoxy) is 1. The molecule has 1 heteroatoms. The average molecular weight is 228 g/mol. The molecule has 0 fully saturated rings. The summed E-state index contributed by atoms with van der Waals surface area (Å²) in [5, 5.41) is 2.61. The average Bonchev–Trinajstić information content (AvgIpc) is 2.35. The molecule has 90 valence electrons. The maximum absolute atomic E-state index is 5.86. The van der Waals surface area contributed by atoms with Crippen LogP contribution in [-0.2, 0) is 0 Å². The van der Waals surface area contributed by atoms with E-state index in [-0.39, 0.29) is 0 Å². The number of hydrogen-bond acceptors (Lipinski definition) is 1. The summed E-state index contributed by atoms with van der Waals surface area (Å²) in [6, 6.07) is 12.8. The SMILES string of the molecule is CCCOc1ccc2ccccc2c1C(C)C. The third-order valence-corrected chi connectivity index (χ3v) is 2.97. The van der Waals surface area contributed by atoms with E-state index >= 15 is 0 Å². The van der Waals surface area contributed by atoms with Crippen LogP contribution in [0.2, 0.25) is 0 Å². The van der Waals surface area contributed by atoms with E-state index in [4.69, 9.17) is 4.74 Å². The Bertz CT molecular complexity index is 500. The molecule has 0 saturated heterocycles. The summed E-state index contributed by atoms with van der Waals surface area (Å²) in [6.45, 7) is 7.37. The van der Waals surface area contributed by atoms with Crippen LogP contribution in [0.25, 0.3) is 10.8 Å². The number of benzene rings is 2. The zero-order chi connectivity index (χ0) is 12.3. The van der Waals surface area contributed by atoms with Gasteiger partial charge in [0.05, 0.1) is 6.61 Å². The molecule has 0 N–H and O–H groups in total. The maximum atomic E-state index is 5.86. The minimum absolute atomic E-state index is 0.480. The molecular weight excluding hydrogens is 208 g/mol. The van der Waals surface area contributed by atoms with Crippen molar-refractivity contribution >= 4 is 10.8 Å². The van der Waals surface area contributed by atoms with Crippen LogP contribution in [0.1, 0.15) is 38.7 Å². The molecule has 0 heterocycles. The summed E-state index contributed by atoms with van der Waals surface area (Å²) in [5.74, 6) is 1.52. The predicted octanol–water partition coefficient (Wildman–Crippen LogP) is 4.75. The van der Waals surface area contributed by atoms with E-state index < -0.39 is 0 Å². The third kappa shape index (κ3) is 2.44. The molecule has 2 rings (SSSR count). The largest absolute Gasteiger partial charge is 0.493 e. The Morgan fingerprint density at radius 3 is 2.53 bits per heavy atom. The van der Waals surface area contributed by atoms with E-state index in [0.29, 0.717) is 5.92 Å². The minimum Gasteiger partial charge on any atom is -0.493 e. The summed E-state index contributed by atoms with van der Waals surface area (Å²) >= 11 is 0. The fourth-order valence-electron chi connectivity index (χ4n) is 2.21. The molecule has 1 nitrogen and oxygen atoms in total. The first kappa shape index (κ1) is 12.0. The first-order valence-corrected chi connectivity index (χ1v) is 6.38. The normalized spacial score (nSPS) is 11.1. The van der Waals surface area contributed by atoms with Crippen LogP contribution in [0.4, 0.5) is 0 Å². The van der Waals surface area contributed by atoms with Crippen LogP contribution in [0, 0.1) is 0 Å². The van der Waals surface area contributed by atoms with Gasteiger partial charge in [-0.2, -0.15) is 0 Å². The second-order valence-electron chi connectivity index (χ2n) is 4.70. The lowest BCUT2D eigenvalue weighted by atomic mass is 9.95. The van der Waals surface area contributed by atoms with Gasteiger partial charge in [0.25, 0.3) is 0 Å². The molecule has 0 unspecified atom stereocenters. The molecular formula is C16H20O. The minimum atomic E-state index is 0.480. The predicted molar refractivity (Wildman–Crippen MR) is 73.8 cm³/mol. The van der Waals surface area contributed by atoms with E-state index in [2.05, 4.69) is 57.2 Å². The van der Waals surface area contributed by atoms with Crippen LogP contribution in [0.15, 0.2) is 36.4 Å². The van der Waals surface area contributed by atoms with Crippen LogP contribution in [-0.4, -0.2) is 6.61 Å².